The minimum absolute atomic E-state index is 0.0105. The van der Waals surface area contributed by atoms with Gasteiger partial charge >= 0.3 is 0 Å². The van der Waals surface area contributed by atoms with Crippen molar-refractivity contribution in [2.75, 3.05) is 58.1 Å². The van der Waals surface area contributed by atoms with Crippen molar-refractivity contribution in [3.05, 3.63) is 134 Å². The van der Waals surface area contributed by atoms with Crippen molar-refractivity contribution in [3.8, 4) is 11.5 Å². The molecule has 77 heavy (non-hydrogen) atoms. The van der Waals surface area contributed by atoms with Crippen LogP contribution in [0.15, 0.2) is 72.9 Å². The summed E-state index contributed by atoms with van der Waals surface area (Å²) in [5.74, 6) is -2.01. The van der Waals surface area contributed by atoms with Crippen molar-refractivity contribution in [2.24, 2.45) is 0 Å². The second-order valence-corrected chi connectivity index (χ2v) is 20.8. The van der Waals surface area contributed by atoms with Gasteiger partial charge in [-0.25, -0.2) is 4.68 Å². The van der Waals surface area contributed by atoms with Crippen LogP contribution in [0.1, 0.15) is 123 Å². The van der Waals surface area contributed by atoms with E-state index in [0.717, 1.165) is 51.2 Å². The fraction of sp³-hybridized carbons (Fsp3) is 0.466. The van der Waals surface area contributed by atoms with Gasteiger partial charge in [-0.15, -0.1) is 5.10 Å². The highest BCUT2D eigenvalue weighted by Crippen LogP contribution is 2.47. The number of amides is 5. The third-order valence-corrected chi connectivity index (χ3v) is 14.5. The van der Waals surface area contributed by atoms with Crippen LogP contribution in [0.25, 0.3) is 0 Å². The molecule has 5 aromatic rings. The molecule has 1 aromatic heterocycles. The Morgan fingerprint density at radius 2 is 1.48 bits per heavy atom. The Bertz CT molecular complexity index is 2970. The second kappa shape index (κ2) is 24.2. The smallest absolute Gasteiger partial charge is 0.264 e. The molecule has 4 aliphatic rings. The molecule has 0 aliphatic carbocycles. The van der Waals surface area contributed by atoms with Gasteiger partial charge in [0.2, 0.25) is 17.7 Å². The Labute approximate surface area is 448 Å². The number of benzene rings is 4. The van der Waals surface area contributed by atoms with Crippen LogP contribution in [0.3, 0.4) is 0 Å². The van der Waals surface area contributed by atoms with E-state index in [0.29, 0.717) is 63.1 Å². The fourth-order valence-electron chi connectivity index (χ4n) is 11.3. The minimum Gasteiger partial charge on any atom is -0.485 e. The number of piperidine rings is 2. The lowest BCUT2D eigenvalue weighted by Crippen LogP contribution is -2.54. The Morgan fingerprint density at radius 3 is 2.16 bits per heavy atom. The van der Waals surface area contributed by atoms with Gasteiger partial charge in [0, 0.05) is 38.1 Å². The van der Waals surface area contributed by atoms with Crippen LogP contribution in [0.5, 0.6) is 11.5 Å². The molecule has 4 aliphatic heterocycles. The van der Waals surface area contributed by atoms with Crippen molar-refractivity contribution in [3.63, 3.8) is 0 Å². The lowest BCUT2D eigenvalue weighted by atomic mass is 9.75. The highest BCUT2D eigenvalue weighted by atomic mass is 16.6. The quantitative estimate of drug-likeness (QED) is 0.0479. The van der Waals surface area contributed by atoms with Crippen LogP contribution in [-0.4, -0.2) is 130 Å². The van der Waals surface area contributed by atoms with E-state index in [1.807, 2.05) is 6.92 Å². The van der Waals surface area contributed by atoms with Gasteiger partial charge < -0.3 is 38.8 Å². The molecule has 2 fully saturated rings. The number of carbonyl (C=O) groups excluding carboxylic acids is 5. The summed E-state index contributed by atoms with van der Waals surface area (Å²) >= 11 is 0. The van der Waals surface area contributed by atoms with Crippen LogP contribution in [0.2, 0.25) is 0 Å². The summed E-state index contributed by atoms with van der Waals surface area (Å²) in [4.78, 5) is 68.6. The van der Waals surface area contributed by atoms with Gasteiger partial charge in [0.25, 0.3) is 11.8 Å². The van der Waals surface area contributed by atoms with Gasteiger partial charge in [0.05, 0.1) is 67.3 Å². The van der Waals surface area contributed by atoms with E-state index in [2.05, 4.69) is 109 Å². The number of imide groups is 2. The monoisotopic (exact) mass is 1060 g/mol. The summed E-state index contributed by atoms with van der Waals surface area (Å²) in [5, 5.41) is 26.4. The third-order valence-electron chi connectivity index (χ3n) is 14.5. The van der Waals surface area contributed by atoms with Crippen molar-refractivity contribution < 1.29 is 57.5 Å². The Morgan fingerprint density at radius 1 is 0.818 bits per heavy atom. The zero-order valence-electron chi connectivity index (χ0n) is 44.7. The number of hydrogen-bond donors (Lipinski definition) is 3. The molecule has 5 heterocycles. The van der Waals surface area contributed by atoms with E-state index < -0.39 is 54.0 Å². The van der Waals surface area contributed by atoms with E-state index in [9.17, 15) is 29.1 Å². The second-order valence-electron chi connectivity index (χ2n) is 20.8. The van der Waals surface area contributed by atoms with Crippen LogP contribution < -0.4 is 20.1 Å². The summed E-state index contributed by atoms with van der Waals surface area (Å²) in [6.07, 6.45) is 2.60. The highest BCUT2D eigenvalue weighted by molar-refractivity contribution is 6.26. The van der Waals surface area contributed by atoms with Gasteiger partial charge in [-0.2, -0.15) is 0 Å². The van der Waals surface area contributed by atoms with Gasteiger partial charge in [-0.05, 0) is 114 Å². The predicted octanol–water partition coefficient (Wildman–Crippen LogP) is 6.35. The van der Waals surface area contributed by atoms with Crippen LogP contribution in [-0.2, 0) is 59.4 Å². The molecule has 5 unspecified atom stereocenters. The molecule has 0 spiro atoms. The Hall–Kier alpha value is -6.87. The van der Waals surface area contributed by atoms with Crippen LogP contribution in [0.4, 0.5) is 5.69 Å². The van der Waals surface area contributed by atoms with Crippen molar-refractivity contribution in [1.82, 2.24) is 30.1 Å². The van der Waals surface area contributed by atoms with E-state index in [1.165, 1.54) is 34.0 Å². The summed E-state index contributed by atoms with van der Waals surface area (Å²) in [5.41, 5.74) is 8.40. The number of aromatic nitrogens is 3. The normalized spacial score (nSPS) is 20.6. The average Bonchev–Trinajstić information content (AvgIpc) is 3.96. The number of carbonyl (C=O) groups is 5. The molecular formula is C58H69N7O12. The summed E-state index contributed by atoms with van der Waals surface area (Å²) < 4.78 is 37.8. The minimum atomic E-state index is -1.18. The molecule has 0 radical (unpaired) electrons. The number of aliphatic hydroxyl groups is 1. The molecule has 3 N–H and O–H groups in total. The maximum atomic E-state index is 13.7. The molecule has 0 saturated carbocycles. The van der Waals surface area contributed by atoms with E-state index in [1.54, 1.807) is 6.20 Å². The number of hydrogen-bond acceptors (Lipinski definition) is 15. The SMILES string of the molecule is CCOCCOCCOCC(OCC(=O)Nc1cccc2c1C(=O)N(C1CCC(=O)NC1=O)C2=O)n1cc(CC2(O)CC(C)N3CCc4cc(OCc5cc(C)cc(C)c5)c(OCc5cc(C)cc(C)c5)cc4C3C2)nn1. The van der Waals surface area contributed by atoms with Crippen molar-refractivity contribution in [2.45, 2.75) is 123 Å². The number of ether oxygens (including phenoxy) is 6. The largest absolute Gasteiger partial charge is 0.485 e. The number of fused-ring (bicyclic) bond motifs is 4. The lowest BCUT2D eigenvalue weighted by Gasteiger charge is -2.50. The number of aryl methyl sites for hydroxylation is 4. The fourth-order valence-corrected chi connectivity index (χ4v) is 11.3. The number of nitrogens with zero attached hydrogens (tertiary/aromatic N) is 5. The molecule has 408 valence electrons. The van der Waals surface area contributed by atoms with E-state index in [-0.39, 0.29) is 68.0 Å². The summed E-state index contributed by atoms with van der Waals surface area (Å²) in [6.45, 7) is 15.3. The molecule has 19 heteroatoms. The van der Waals surface area contributed by atoms with Crippen molar-refractivity contribution in [1.29, 1.82) is 0 Å². The topological polar surface area (TPSA) is 222 Å². The molecular weight excluding hydrogens is 987 g/mol. The lowest BCUT2D eigenvalue weighted by molar-refractivity contribution is -0.136. The molecule has 9 rings (SSSR count). The first kappa shape index (κ1) is 54.9. The van der Waals surface area contributed by atoms with Gasteiger partial charge in [0.1, 0.15) is 25.9 Å². The van der Waals surface area contributed by atoms with Gasteiger partial charge in [-0.1, -0.05) is 69.9 Å². The highest BCUT2D eigenvalue weighted by Gasteiger charge is 2.47. The molecule has 4 aromatic carbocycles. The maximum Gasteiger partial charge on any atom is 0.264 e. The number of rotatable bonds is 23. The Kier molecular flexibility index (Phi) is 17.3. The molecule has 5 atom stereocenters. The first-order valence-electron chi connectivity index (χ1n) is 26.5. The molecule has 19 nitrogen and oxygen atoms in total. The van der Waals surface area contributed by atoms with Gasteiger partial charge in [-0.3, -0.25) is 39.1 Å². The van der Waals surface area contributed by atoms with Crippen LogP contribution >= 0.6 is 0 Å². The summed E-state index contributed by atoms with van der Waals surface area (Å²) in [6, 6.07) is 20.3. The zero-order chi connectivity index (χ0) is 54.4. The summed E-state index contributed by atoms with van der Waals surface area (Å²) in [7, 11) is 0. The molecule has 5 amide bonds. The van der Waals surface area contributed by atoms with Crippen LogP contribution in [0, 0.1) is 27.7 Å². The Balaban J connectivity index is 0.903. The van der Waals surface area contributed by atoms with E-state index >= 15 is 0 Å². The third kappa shape index (κ3) is 13.1. The standard InChI is InChI=1S/C58H69N7O12/c1-7-72-15-16-73-17-18-74-34-53(77-33-52(67)59-46-10-8-9-44-54(46)57(70)65(56(44)69)47-11-12-51(66)60-55(47)68)64-30-43(61-62-64)28-58(71)27-39(6)63-14-13-42-25-49(75-31-40-21-35(2)19-36(3)22-40)50(26-45(42)48(63)29-58)76-32-41-23-37(4)20-38(5)24-41/h8-10,19-26,30,39,47-48,53,71H,7,11-18,27-29,31-34H2,1-6H3,(H,59,67)(H,60,66,68). The van der Waals surface area contributed by atoms with Gasteiger partial charge in [0.15, 0.2) is 17.7 Å². The first-order chi connectivity index (χ1) is 37.0. The molecule has 0 bridgehead atoms. The first-order valence-corrected chi connectivity index (χ1v) is 26.5. The number of nitrogens with one attached hydrogen (secondary N) is 2. The number of anilines is 1. The predicted molar refractivity (Wildman–Crippen MR) is 282 cm³/mol. The molecule has 2 saturated heterocycles. The average molecular weight is 1060 g/mol. The van der Waals surface area contributed by atoms with E-state index in [4.69, 9.17) is 28.4 Å². The maximum absolute atomic E-state index is 13.7. The zero-order valence-corrected chi connectivity index (χ0v) is 44.7. The van der Waals surface area contributed by atoms with Crippen molar-refractivity contribution >= 4 is 35.2 Å².